The molecule has 6 nitrogen and oxygen atoms in total. The molecular weight excluding hydrogens is 375 g/mol. The van der Waals surface area contributed by atoms with Crippen molar-refractivity contribution in [3.63, 3.8) is 0 Å². The summed E-state index contributed by atoms with van der Waals surface area (Å²) >= 11 is 0. The third-order valence-electron chi connectivity index (χ3n) is 4.49. The average Bonchev–Trinajstić information content (AvgIpc) is 3.37. The minimum absolute atomic E-state index is 0.164. The number of halogens is 1. The Hall–Kier alpha value is -3.61. The Labute approximate surface area is 166 Å². The number of carbonyl (C=O) groups is 2. The van der Waals surface area contributed by atoms with Crippen molar-refractivity contribution >= 4 is 23.2 Å². The van der Waals surface area contributed by atoms with Crippen LogP contribution in [0.5, 0.6) is 5.75 Å². The van der Waals surface area contributed by atoms with Crippen LogP contribution >= 0.6 is 0 Å². The molecule has 1 fully saturated rings. The Kier molecular flexibility index (Phi) is 5.29. The fraction of sp³-hybridized carbons (Fsp3) is 0.182. The number of nitrogens with one attached hydrogen (secondary N) is 2. The largest absolute Gasteiger partial charge is 0.491 e. The zero-order valence-electron chi connectivity index (χ0n) is 15.5. The molecule has 148 valence electrons. The summed E-state index contributed by atoms with van der Waals surface area (Å²) in [5.41, 5.74) is 1.00. The maximum absolute atomic E-state index is 13.7. The molecule has 1 aliphatic carbocycles. The van der Waals surface area contributed by atoms with Crippen LogP contribution in [0.4, 0.5) is 15.8 Å². The SMILES string of the molecule is O=C(Nc1cc(F)ccc1OCC1CC1)c1cccc(NC(=O)c2ccco2)c1. The zero-order chi connectivity index (χ0) is 20.2. The van der Waals surface area contributed by atoms with Gasteiger partial charge in [-0.1, -0.05) is 6.07 Å². The lowest BCUT2D eigenvalue weighted by Crippen LogP contribution is -2.15. The lowest BCUT2D eigenvalue weighted by atomic mass is 10.1. The smallest absolute Gasteiger partial charge is 0.291 e. The molecule has 0 unspecified atom stereocenters. The molecule has 2 amide bonds. The Bertz CT molecular complexity index is 1030. The molecule has 2 aromatic carbocycles. The molecule has 29 heavy (non-hydrogen) atoms. The van der Waals surface area contributed by atoms with E-state index in [1.807, 2.05) is 0 Å². The van der Waals surface area contributed by atoms with Gasteiger partial charge in [0.2, 0.25) is 0 Å². The third kappa shape index (κ3) is 4.82. The molecule has 0 saturated heterocycles. The van der Waals surface area contributed by atoms with E-state index in [1.54, 1.807) is 30.3 Å². The summed E-state index contributed by atoms with van der Waals surface area (Å²) in [6, 6.07) is 13.6. The van der Waals surface area contributed by atoms with E-state index >= 15 is 0 Å². The van der Waals surface area contributed by atoms with E-state index in [0.717, 1.165) is 12.8 Å². The molecule has 7 heteroatoms. The second-order valence-corrected chi connectivity index (χ2v) is 6.86. The van der Waals surface area contributed by atoms with Crippen LogP contribution < -0.4 is 15.4 Å². The van der Waals surface area contributed by atoms with Gasteiger partial charge in [0, 0.05) is 17.3 Å². The van der Waals surface area contributed by atoms with Crippen LogP contribution in [0.15, 0.2) is 65.3 Å². The van der Waals surface area contributed by atoms with Crippen molar-refractivity contribution in [2.75, 3.05) is 17.2 Å². The number of hydrogen-bond acceptors (Lipinski definition) is 4. The van der Waals surface area contributed by atoms with E-state index in [9.17, 15) is 14.0 Å². The number of rotatable bonds is 7. The molecule has 4 rings (SSSR count). The molecule has 0 bridgehead atoms. The third-order valence-corrected chi connectivity index (χ3v) is 4.49. The molecule has 2 N–H and O–H groups in total. The van der Waals surface area contributed by atoms with E-state index in [4.69, 9.17) is 9.15 Å². The van der Waals surface area contributed by atoms with Gasteiger partial charge < -0.3 is 19.8 Å². The van der Waals surface area contributed by atoms with Crippen LogP contribution in [0.2, 0.25) is 0 Å². The summed E-state index contributed by atoms with van der Waals surface area (Å²) in [6.45, 7) is 0.544. The van der Waals surface area contributed by atoms with Crippen molar-refractivity contribution < 1.29 is 23.1 Å². The molecule has 0 atom stereocenters. The molecular formula is C22H19FN2O4. The van der Waals surface area contributed by atoms with Crippen molar-refractivity contribution in [1.29, 1.82) is 0 Å². The Morgan fingerprint density at radius 1 is 1.03 bits per heavy atom. The van der Waals surface area contributed by atoms with E-state index in [0.29, 0.717) is 29.5 Å². The van der Waals surface area contributed by atoms with Crippen LogP contribution in [0, 0.1) is 11.7 Å². The minimum Gasteiger partial charge on any atom is -0.491 e. The Morgan fingerprint density at radius 3 is 2.66 bits per heavy atom. The molecule has 1 heterocycles. The predicted octanol–water partition coefficient (Wildman–Crippen LogP) is 4.71. The molecule has 0 aliphatic heterocycles. The van der Waals surface area contributed by atoms with Crippen molar-refractivity contribution in [2.24, 2.45) is 5.92 Å². The van der Waals surface area contributed by atoms with Crippen LogP contribution in [-0.2, 0) is 0 Å². The first-order valence-corrected chi connectivity index (χ1v) is 9.27. The summed E-state index contributed by atoms with van der Waals surface area (Å²) in [5.74, 6) is -0.225. The van der Waals surface area contributed by atoms with Crippen LogP contribution in [-0.4, -0.2) is 18.4 Å². The van der Waals surface area contributed by atoms with Crippen molar-refractivity contribution in [3.05, 3.63) is 78.0 Å². The monoisotopic (exact) mass is 394 g/mol. The standard InChI is InChI=1S/C22H19FN2O4/c23-16-8-9-19(29-13-14-6-7-14)18(12-16)25-21(26)15-3-1-4-17(11-15)24-22(27)20-5-2-10-28-20/h1-5,8-12,14H,6-7,13H2,(H,24,27)(H,25,26). The highest BCUT2D eigenvalue weighted by molar-refractivity contribution is 6.07. The number of furan rings is 1. The zero-order valence-corrected chi connectivity index (χ0v) is 15.5. The van der Waals surface area contributed by atoms with Crippen LogP contribution in [0.25, 0.3) is 0 Å². The van der Waals surface area contributed by atoms with Crippen LogP contribution in [0.1, 0.15) is 33.8 Å². The highest BCUT2D eigenvalue weighted by atomic mass is 19.1. The predicted molar refractivity (Wildman–Crippen MR) is 106 cm³/mol. The topological polar surface area (TPSA) is 80.6 Å². The maximum Gasteiger partial charge on any atom is 0.291 e. The molecule has 0 radical (unpaired) electrons. The molecule has 1 saturated carbocycles. The van der Waals surface area contributed by atoms with E-state index in [1.165, 1.54) is 30.5 Å². The van der Waals surface area contributed by atoms with E-state index in [2.05, 4.69) is 10.6 Å². The van der Waals surface area contributed by atoms with Crippen molar-refractivity contribution in [2.45, 2.75) is 12.8 Å². The maximum atomic E-state index is 13.7. The molecule has 0 spiro atoms. The fourth-order valence-corrected chi connectivity index (χ4v) is 2.75. The number of benzene rings is 2. The lowest BCUT2D eigenvalue weighted by molar-refractivity contribution is 0.0993. The van der Waals surface area contributed by atoms with Gasteiger partial charge >= 0.3 is 0 Å². The number of anilines is 2. The Balaban J connectivity index is 1.47. The average molecular weight is 394 g/mol. The van der Waals surface area contributed by atoms with Gasteiger partial charge in [0.25, 0.3) is 11.8 Å². The number of carbonyl (C=O) groups excluding carboxylic acids is 2. The fourth-order valence-electron chi connectivity index (χ4n) is 2.75. The number of ether oxygens (including phenoxy) is 1. The van der Waals surface area contributed by atoms with Gasteiger partial charge in [-0.25, -0.2) is 4.39 Å². The van der Waals surface area contributed by atoms with Crippen molar-refractivity contribution in [3.8, 4) is 5.75 Å². The Morgan fingerprint density at radius 2 is 1.90 bits per heavy atom. The highest BCUT2D eigenvalue weighted by Gasteiger charge is 2.23. The molecule has 1 aromatic heterocycles. The van der Waals surface area contributed by atoms with Gasteiger partial charge in [-0.3, -0.25) is 9.59 Å². The van der Waals surface area contributed by atoms with Gasteiger partial charge in [0.1, 0.15) is 11.6 Å². The molecule has 1 aliphatic rings. The highest BCUT2D eigenvalue weighted by Crippen LogP contribution is 2.32. The minimum atomic E-state index is -0.474. The van der Waals surface area contributed by atoms with Crippen LogP contribution in [0.3, 0.4) is 0 Å². The summed E-state index contributed by atoms with van der Waals surface area (Å²) in [6.07, 6.45) is 3.65. The molecule has 3 aromatic rings. The summed E-state index contributed by atoms with van der Waals surface area (Å²) in [5, 5.41) is 5.35. The van der Waals surface area contributed by atoms with Crippen molar-refractivity contribution in [1.82, 2.24) is 0 Å². The van der Waals surface area contributed by atoms with Gasteiger partial charge in [0.15, 0.2) is 5.76 Å². The van der Waals surface area contributed by atoms with Gasteiger partial charge in [0.05, 0.1) is 18.6 Å². The number of amides is 2. The van der Waals surface area contributed by atoms with E-state index in [-0.39, 0.29) is 11.4 Å². The lowest BCUT2D eigenvalue weighted by Gasteiger charge is -2.13. The summed E-state index contributed by atoms with van der Waals surface area (Å²) < 4.78 is 24.5. The van der Waals surface area contributed by atoms with E-state index < -0.39 is 17.6 Å². The number of hydrogen-bond donors (Lipinski definition) is 2. The van der Waals surface area contributed by atoms with Gasteiger partial charge in [-0.15, -0.1) is 0 Å². The normalized spacial score (nSPS) is 13.0. The van der Waals surface area contributed by atoms with Gasteiger partial charge in [-0.05, 0) is 61.2 Å². The quantitative estimate of drug-likeness (QED) is 0.608. The first-order valence-electron chi connectivity index (χ1n) is 9.27. The second kappa shape index (κ2) is 8.18. The second-order valence-electron chi connectivity index (χ2n) is 6.86. The summed E-state index contributed by atoms with van der Waals surface area (Å²) in [4.78, 5) is 24.8. The van der Waals surface area contributed by atoms with Gasteiger partial charge in [-0.2, -0.15) is 0 Å². The summed E-state index contributed by atoms with van der Waals surface area (Å²) in [7, 11) is 0. The first kappa shape index (κ1) is 18.7. The first-order chi connectivity index (χ1) is 14.1.